The summed E-state index contributed by atoms with van der Waals surface area (Å²) in [5, 5.41) is 15.2. The fraction of sp³-hybridized carbons (Fsp3) is 0.263. The van der Waals surface area contributed by atoms with Gasteiger partial charge in [-0.15, -0.1) is 5.10 Å². The summed E-state index contributed by atoms with van der Waals surface area (Å²) in [4.78, 5) is 12.2. The summed E-state index contributed by atoms with van der Waals surface area (Å²) < 4.78 is 1.72. The molecule has 1 heterocycles. The van der Waals surface area contributed by atoms with Gasteiger partial charge in [0.05, 0.1) is 11.3 Å². The van der Waals surface area contributed by atoms with Crippen LogP contribution in [0.15, 0.2) is 59.8 Å². The first-order valence-corrected chi connectivity index (χ1v) is 9.29. The quantitative estimate of drug-likeness (QED) is 0.694. The number of anilines is 1. The minimum absolute atomic E-state index is 0.0917. The van der Waals surface area contributed by atoms with Gasteiger partial charge in [-0.05, 0) is 54.5 Å². The van der Waals surface area contributed by atoms with Crippen LogP contribution in [-0.2, 0) is 10.3 Å². The van der Waals surface area contributed by atoms with E-state index in [0.717, 1.165) is 16.8 Å². The predicted octanol–water partition coefficient (Wildman–Crippen LogP) is 3.83. The zero-order valence-electron chi connectivity index (χ0n) is 15.0. The first-order valence-electron chi connectivity index (χ1n) is 8.30. The average Bonchev–Trinajstić information content (AvgIpc) is 3.10. The van der Waals surface area contributed by atoms with Crippen molar-refractivity contribution in [3.63, 3.8) is 0 Å². The third-order valence-corrected chi connectivity index (χ3v) is 4.60. The lowest BCUT2D eigenvalue weighted by Gasteiger charge is -2.19. The number of rotatable bonds is 5. The van der Waals surface area contributed by atoms with Gasteiger partial charge in [-0.1, -0.05) is 54.2 Å². The third-order valence-electron chi connectivity index (χ3n) is 3.68. The Morgan fingerprint density at radius 2 is 1.69 bits per heavy atom. The minimum atomic E-state index is -0.227. The van der Waals surface area contributed by atoms with Crippen LogP contribution >= 0.6 is 11.8 Å². The lowest BCUT2D eigenvalue weighted by Crippen LogP contribution is -2.24. The number of hydrogen-bond acceptors (Lipinski definition) is 5. The zero-order chi connectivity index (χ0) is 18.6. The third kappa shape index (κ3) is 4.49. The Hall–Kier alpha value is -2.67. The highest BCUT2D eigenvalue weighted by molar-refractivity contribution is 7.99. The largest absolute Gasteiger partial charge is 0.325 e. The maximum absolute atomic E-state index is 12.2. The van der Waals surface area contributed by atoms with Gasteiger partial charge in [0.25, 0.3) is 0 Å². The molecule has 0 bridgehead atoms. The standard InChI is InChI=1S/C19H21N5OS/c1-19(2,3)24-18(21-22-23-24)26-13-17(25)20-16-11-9-15(10-12-16)14-7-5-4-6-8-14/h4-12H,13H2,1-3H3,(H,20,25). The number of thioether (sulfide) groups is 1. The molecule has 134 valence electrons. The topological polar surface area (TPSA) is 72.7 Å². The molecule has 3 rings (SSSR count). The maximum atomic E-state index is 12.2. The molecule has 0 fully saturated rings. The first kappa shape index (κ1) is 18.1. The summed E-state index contributed by atoms with van der Waals surface area (Å²) in [6.07, 6.45) is 0. The van der Waals surface area contributed by atoms with Crippen LogP contribution in [0.3, 0.4) is 0 Å². The van der Waals surface area contributed by atoms with E-state index in [1.807, 2.05) is 63.2 Å². The second-order valence-corrected chi connectivity index (χ2v) is 7.77. The van der Waals surface area contributed by atoms with E-state index in [0.29, 0.717) is 5.16 Å². The molecule has 0 saturated carbocycles. The van der Waals surface area contributed by atoms with Gasteiger partial charge in [0.1, 0.15) is 0 Å². The fourth-order valence-electron chi connectivity index (χ4n) is 2.39. The van der Waals surface area contributed by atoms with Gasteiger partial charge in [0.15, 0.2) is 0 Å². The number of hydrogen-bond donors (Lipinski definition) is 1. The van der Waals surface area contributed by atoms with Crippen LogP contribution in [0.1, 0.15) is 20.8 Å². The molecule has 0 atom stereocenters. The van der Waals surface area contributed by atoms with Gasteiger partial charge in [0.2, 0.25) is 11.1 Å². The Labute approximate surface area is 157 Å². The second-order valence-electron chi connectivity index (χ2n) is 6.82. The van der Waals surface area contributed by atoms with Crippen molar-refractivity contribution in [3.05, 3.63) is 54.6 Å². The minimum Gasteiger partial charge on any atom is -0.325 e. The first-order chi connectivity index (χ1) is 12.4. The Morgan fingerprint density at radius 3 is 2.35 bits per heavy atom. The van der Waals surface area contributed by atoms with E-state index in [1.165, 1.54) is 11.8 Å². The molecule has 1 N–H and O–H groups in total. The number of benzene rings is 2. The monoisotopic (exact) mass is 367 g/mol. The van der Waals surface area contributed by atoms with Gasteiger partial charge in [-0.3, -0.25) is 4.79 Å². The predicted molar refractivity (Wildman–Crippen MR) is 104 cm³/mol. The van der Waals surface area contributed by atoms with Crippen LogP contribution in [0.5, 0.6) is 0 Å². The number of tetrazole rings is 1. The van der Waals surface area contributed by atoms with Crippen LogP contribution in [0.2, 0.25) is 0 Å². The molecular formula is C19H21N5OS. The summed E-state index contributed by atoms with van der Waals surface area (Å²) in [5.74, 6) is 0.155. The van der Waals surface area contributed by atoms with Gasteiger partial charge in [-0.25, -0.2) is 4.68 Å². The molecule has 0 saturated heterocycles. The lowest BCUT2D eigenvalue weighted by atomic mass is 10.1. The Bertz CT molecular complexity index is 869. The summed E-state index contributed by atoms with van der Waals surface area (Å²) >= 11 is 1.32. The molecule has 6 nitrogen and oxygen atoms in total. The molecule has 0 aliphatic heterocycles. The van der Waals surface area contributed by atoms with Gasteiger partial charge >= 0.3 is 0 Å². The Balaban J connectivity index is 1.58. The Kier molecular flexibility index (Phi) is 5.37. The molecule has 0 aliphatic rings. The summed E-state index contributed by atoms with van der Waals surface area (Å²) in [6, 6.07) is 17.9. The van der Waals surface area contributed by atoms with Gasteiger partial charge in [-0.2, -0.15) is 0 Å². The average molecular weight is 367 g/mol. The van der Waals surface area contributed by atoms with Crippen molar-refractivity contribution >= 4 is 23.4 Å². The molecule has 26 heavy (non-hydrogen) atoms. The van der Waals surface area contributed by atoms with E-state index in [1.54, 1.807) is 4.68 Å². The molecule has 7 heteroatoms. The van der Waals surface area contributed by atoms with Crippen molar-refractivity contribution in [1.82, 2.24) is 20.2 Å². The number of aromatic nitrogens is 4. The van der Waals surface area contributed by atoms with E-state index in [-0.39, 0.29) is 17.2 Å². The molecule has 1 aromatic heterocycles. The molecular weight excluding hydrogens is 346 g/mol. The normalized spacial score (nSPS) is 11.3. The molecule has 0 unspecified atom stereocenters. The number of nitrogens with zero attached hydrogens (tertiary/aromatic N) is 4. The highest BCUT2D eigenvalue weighted by Crippen LogP contribution is 2.23. The van der Waals surface area contributed by atoms with E-state index >= 15 is 0 Å². The van der Waals surface area contributed by atoms with Crippen molar-refractivity contribution < 1.29 is 4.79 Å². The van der Waals surface area contributed by atoms with Gasteiger partial charge in [0, 0.05) is 5.69 Å². The van der Waals surface area contributed by atoms with Crippen LogP contribution in [0.25, 0.3) is 11.1 Å². The number of carbonyl (C=O) groups excluding carboxylic acids is 1. The van der Waals surface area contributed by atoms with Gasteiger partial charge < -0.3 is 5.32 Å². The van der Waals surface area contributed by atoms with Crippen LogP contribution in [-0.4, -0.2) is 31.9 Å². The van der Waals surface area contributed by atoms with Crippen LogP contribution in [0.4, 0.5) is 5.69 Å². The SMILES string of the molecule is CC(C)(C)n1nnnc1SCC(=O)Nc1ccc(-c2ccccc2)cc1. The van der Waals surface area contributed by atoms with Crippen molar-refractivity contribution in [1.29, 1.82) is 0 Å². The van der Waals surface area contributed by atoms with E-state index in [9.17, 15) is 4.79 Å². The number of carbonyl (C=O) groups is 1. The maximum Gasteiger partial charge on any atom is 0.234 e. The Morgan fingerprint density at radius 1 is 1.04 bits per heavy atom. The smallest absolute Gasteiger partial charge is 0.234 e. The van der Waals surface area contributed by atoms with Crippen LogP contribution < -0.4 is 5.32 Å². The van der Waals surface area contributed by atoms with Crippen molar-refractivity contribution in [2.24, 2.45) is 0 Å². The molecule has 3 aromatic rings. The fourth-order valence-corrected chi connectivity index (χ4v) is 3.25. The summed E-state index contributed by atoms with van der Waals surface area (Å²) in [5.41, 5.74) is 2.80. The lowest BCUT2D eigenvalue weighted by molar-refractivity contribution is -0.113. The highest BCUT2D eigenvalue weighted by Gasteiger charge is 2.20. The summed E-state index contributed by atoms with van der Waals surface area (Å²) in [7, 11) is 0. The highest BCUT2D eigenvalue weighted by atomic mass is 32.2. The van der Waals surface area contributed by atoms with E-state index in [4.69, 9.17) is 0 Å². The van der Waals surface area contributed by atoms with E-state index in [2.05, 4.69) is 33.0 Å². The van der Waals surface area contributed by atoms with Crippen molar-refractivity contribution in [2.45, 2.75) is 31.5 Å². The molecule has 0 radical (unpaired) electrons. The molecule has 1 amide bonds. The van der Waals surface area contributed by atoms with Crippen molar-refractivity contribution in [3.8, 4) is 11.1 Å². The molecule has 0 spiro atoms. The number of amides is 1. The summed E-state index contributed by atoms with van der Waals surface area (Å²) in [6.45, 7) is 6.05. The molecule has 0 aliphatic carbocycles. The zero-order valence-corrected chi connectivity index (χ0v) is 15.8. The second kappa shape index (κ2) is 7.70. The number of nitrogens with one attached hydrogen (secondary N) is 1. The van der Waals surface area contributed by atoms with E-state index < -0.39 is 0 Å². The van der Waals surface area contributed by atoms with Crippen molar-refractivity contribution in [2.75, 3.05) is 11.1 Å². The molecule has 2 aromatic carbocycles. The van der Waals surface area contributed by atoms with Crippen LogP contribution in [0, 0.1) is 0 Å².